The van der Waals surface area contributed by atoms with E-state index in [0.717, 1.165) is 16.0 Å². The molecule has 0 saturated carbocycles. The fourth-order valence-corrected chi connectivity index (χ4v) is 5.85. The highest BCUT2D eigenvalue weighted by atomic mass is 32.2. The van der Waals surface area contributed by atoms with Crippen LogP contribution in [0.4, 0.5) is 0 Å². The smallest absolute Gasteiger partial charge is 0.310 e. The van der Waals surface area contributed by atoms with Crippen LogP contribution >= 0.6 is 11.8 Å². The number of carbonyl (C=O) groups is 1. The van der Waals surface area contributed by atoms with Crippen LogP contribution in [-0.2, 0) is 26.0 Å². The molecule has 0 amide bonds. The van der Waals surface area contributed by atoms with E-state index in [4.69, 9.17) is 4.74 Å². The minimum atomic E-state index is -3.84. The summed E-state index contributed by atoms with van der Waals surface area (Å²) in [6.07, 6.45) is 0.371. The molecule has 7 heteroatoms. The Balaban J connectivity index is 1.92. The van der Waals surface area contributed by atoms with E-state index >= 15 is 0 Å². The topological polar surface area (TPSA) is 72.5 Å². The Labute approximate surface area is 200 Å². The molecule has 3 aromatic rings. The first-order valence-electron chi connectivity index (χ1n) is 10.9. The van der Waals surface area contributed by atoms with Gasteiger partial charge in [-0.05, 0) is 50.1 Å². The molecule has 0 aliphatic rings. The zero-order chi connectivity index (χ0) is 23.7. The van der Waals surface area contributed by atoms with Crippen LogP contribution in [0.2, 0.25) is 0 Å². The van der Waals surface area contributed by atoms with Crippen molar-refractivity contribution in [1.82, 2.24) is 4.72 Å². The second-order valence-electron chi connectivity index (χ2n) is 7.71. The monoisotopic (exact) mass is 483 g/mol. The number of ether oxygens (including phenoxy) is 1. The van der Waals surface area contributed by atoms with Crippen molar-refractivity contribution >= 4 is 27.8 Å². The predicted molar refractivity (Wildman–Crippen MR) is 133 cm³/mol. The number of nitrogens with one attached hydrogen (secondary N) is 1. The summed E-state index contributed by atoms with van der Waals surface area (Å²) in [6.45, 7) is 3.88. The number of sulfonamides is 1. The van der Waals surface area contributed by atoms with Gasteiger partial charge in [0.15, 0.2) is 0 Å². The molecule has 0 radical (unpaired) electrons. The lowest BCUT2D eigenvalue weighted by Crippen LogP contribution is -2.46. The van der Waals surface area contributed by atoms with E-state index in [1.165, 1.54) is 11.8 Å². The Morgan fingerprint density at radius 3 is 2.15 bits per heavy atom. The van der Waals surface area contributed by atoms with Gasteiger partial charge in [0.2, 0.25) is 10.0 Å². The highest BCUT2D eigenvalue weighted by Gasteiger charge is 2.33. The molecule has 0 heterocycles. The van der Waals surface area contributed by atoms with Gasteiger partial charge in [-0.15, -0.1) is 11.8 Å². The maximum Gasteiger partial charge on any atom is 0.310 e. The summed E-state index contributed by atoms with van der Waals surface area (Å²) in [5.41, 5.74) is 1.92. The van der Waals surface area contributed by atoms with E-state index in [1.807, 2.05) is 67.6 Å². The molecule has 33 heavy (non-hydrogen) atoms. The molecule has 0 aromatic heterocycles. The summed E-state index contributed by atoms with van der Waals surface area (Å²) >= 11 is 1.51. The third-order valence-corrected chi connectivity index (χ3v) is 7.82. The molecule has 0 fully saturated rings. The first-order chi connectivity index (χ1) is 15.9. The van der Waals surface area contributed by atoms with E-state index in [-0.39, 0.29) is 11.5 Å². The third-order valence-electron chi connectivity index (χ3n) is 5.18. The van der Waals surface area contributed by atoms with Crippen LogP contribution < -0.4 is 4.72 Å². The van der Waals surface area contributed by atoms with Crippen LogP contribution in [0.25, 0.3) is 0 Å². The van der Waals surface area contributed by atoms with Crippen LogP contribution in [0.15, 0.2) is 94.7 Å². The van der Waals surface area contributed by atoms with E-state index in [1.54, 1.807) is 31.2 Å². The fourth-order valence-electron chi connectivity index (χ4n) is 3.43. The average Bonchev–Trinajstić information content (AvgIpc) is 2.82. The minimum Gasteiger partial charge on any atom is -0.466 e. The van der Waals surface area contributed by atoms with Crippen molar-refractivity contribution in [3.63, 3.8) is 0 Å². The lowest BCUT2D eigenvalue weighted by atomic mass is 9.93. The molecule has 0 spiro atoms. The van der Waals surface area contributed by atoms with Crippen molar-refractivity contribution in [2.45, 2.75) is 36.1 Å². The Bertz CT molecular complexity index is 1120. The highest BCUT2D eigenvalue weighted by molar-refractivity contribution is 7.99. The first-order valence-corrected chi connectivity index (χ1v) is 13.3. The second kappa shape index (κ2) is 12.0. The van der Waals surface area contributed by atoms with Crippen LogP contribution in [0.1, 0.15) is 18.1 Å². The number of hydrogen-bond donors (Lipinski definition) is 1. The molecular formula is C26H29NO4S2. The SMILES string of the molecule is CCOC(=O)C(Cc1ccccc1)C(CSc1ccccc1)NS(=O)(=O)c1ccc(C)cc1. The molecule has 0 bridgehead atoms. The standard InChI is InChI=1S/C26H29NO4S2/c1-3-31-26(28)24(18-21-10-6-4-7-11-21)25(19-32-22-12-8-5-9-13-22)27-33(29,30)23-16-14-20(2)15-17-23/h4-17,24-25,27H,3,18-19H2,1-2H3. The minimum absolute atomic E-state index is 0.171. The first kappa shape index (κ1) is 25.0. The van der Waals surface area contributed by atoms with Crippen molar-refractivity contribution in [2.24, 2.45) is 5.92 Å². The highest BCUT2D eigenvalue weighted by Crippen LogP contribution is 2.25. The maximum atomic E-state index is 13.2. The number of carbonyl (C=O) groups excluding carboxylic acids is 1. The molecule has 0 saturated heterocycles. The Kier molecular flexibility index (Phi) is 9.11. The summed E-state index contributed by atoms with van der Waals surface area (Å²) in [5.74, 6) is -0.707. The molecular weight excluding hydrogens is 454 g/mol. The van der Waals surface area contributed by atoms with Crippen molar-refractivity contribution < 1.29 is 17.9 Å². The van der Waals surface area contributed by atoms with E-state index in [0.29, 0.717) is 12.2 Å². The summed E-state index contributed by atoms with van der Waals surface area (Å²) in [5, 5.41) is 0. The van der Waals surface area contributed by atoms with Crippen LogP contribution in [0, 0.1) is 12.8 Å². The quantitative estimate of drug-likeness (QED) is 0.312. The van der Waals surface area contributed by atoms with Gasteiger partial charge < -0.3 is 4.74 Å². The lowest BCUT2D eigenvalue weighted by Gasteiger charge is -2.26. The molecule has 2 atom stereocenters. The van der Waals surface area contributed by atoms with Crippen molar-refractivity contribution in [3.05, 3.63) is 96.1 Å². The van der Waals surface area contributed by atoms with Gasteiger partial charge in [-0.2, -0.15) is 0 Å². The average molecular weight is 484 g/mol. The van der Waals surface area contributed by atoms with Crippen molar-refractivity contribution in [2.75, 3.05) is 12.4 Å². The van der Waals surface area contributed by atoms with Crippen LogP contribution in [0.3, 0.4) is 0 Å². The van der Waals surface area contributed by atoms with Gasteiger partial charge in [0.05, 0.1) is 17.4 Å². The molecule has 3 rings (SSSR count). The van der Waals surface area contributed by atoms with Crippen molar-refractivity contribution in [3.8, 4) is 0 Å². The number of aryl methyl sites for hydroxylation is 1. The number of rotatable bonds is 11. The zero-order valence-corrected chi connectivity index (χ0v) is 20.4. The van der Waals surface area contributed by atoms with Gasteiger partial charge in [-0.3, -0.25) is 4.79 Å². The molecule has 0 aliphatic heterocycles. The van der Waals surface area contributed by atoms with Crippen LogP contribution in [-0.4, -0.2) is 32.8 Å². The fraction of sp³-hybridized carbons (Fsp3) is 0.269. The van der Waals surface area contributed by atoms with Gasteiger partial charge in [0, 0.05) is 16.7 Å². The molecule has 1 N–H and O–H groups in total. The second-order valence-corrected chi connectivity index (χ2v) is 10.5. The van der Waals surface area contributed by atoms with Crippen LogP contribution in [0.5, 0.6) is 0 Å². The molecule has 174 valence electrons. The van der Waals surface area contributed by atoms with Gasteiger partial charge in [0.1, 0.15) is 0 Å². The Morgan fingerprint density at radius 2 is 1.55 bits per heavy atom. The summed E-state index contributed by atoms with van der Waals surface area (Å²) in [4.78, 5) is 14.2. The molecule has 3 aromatic carbocycles. The predicted octanol–water partition coefficient (Wildman–Crippen LogP) is 4.86. The van der Waals surface area contributed by atoms with Gasteiger partial charge >= 0.3 is 5.97 Å². The number of hydrogen-bond acceptors (Lipinski definition) is 5. The van der Waals surface area contributed by atoms with E-state index < -0.39 is 28.0 Å². The largest absolute Gasteiger partial charge is 0.466 e. The summed E-state index contributed by atoms with van der Waals surface area (Å²) < 4.78 is 34.6. The molecule has 5 nitrogen and oxygen atoms in total. The molecule has 0 aliphatic carbocycles. The lowest BCUT2D eigenvalue weighted by molar-refractivity contribution is -0.148. The number of thioether (sulfide) groups is 1. The molecule has 2 unspecified atom stereocenters. The van der Waals surface area contributed by atoms with Gasteiger partial charge in [-0.1, -0.05) is 66.2 Å². The van der Waals surface area contributed by atoms with Gasteiger partial charge in [0.25, 0.3) is 0 Å². The summed E-state index contributed by atoms with van der Waals surface area (Å²) in [7, 11) is -3.84. The summed E-state index contributed by atoms with van der Waals surface area (Å²) in [6, 6.07) is 25.3. The normalized spacial score (nSPS) is 13.3. The van der Waals surface area contributed by atoms with E-state index in [2.05, 4.69) is 4.72 Å². The number of benzene rings is 3. The van der Waals surface area contributed by atoms with Gasteiger partial charge in [-0.25, -0.2) is 13.1 Å². The number of esters is 1. The zero-order valence-electron chi connectivity index (χ0n) is 18.8. The Morgan fingerprint density at radius 1 is 0.939 bits per heavy atom. The van der Waals surface area contributed by atoms with E-state index in [9.17, 15) is 13.2 Å². The Hall–Kier alpha value is -2.61. The third kappa shape index (κ3) is 7.45. The van der Waals surface area contributed by atoms with Crippen molar-refractivity contribution in [1.29, 1.82) is 0 Å². The maximum absolute atomic E-state index is 13.2.